The lowest BCUT2D eigenvalue weighted by Crippen LogP contribution is -2.44. The number of hydrogen-bond donors (Lipinski definition) is 1. The van der Waals surface area contributed by atoms with Crippen LogP contribution < -0.4 is 4.74 Å². The smallest absolute Gasteiger partial charge is 0.243 e. The van der Waals surface area contributed by atoms with Crippen LogP contribution >= 0.6 is 0 Å². The fourth-order valence-electron chi connectivity index (χ4n) is 5.40. The summed E-state index contributed by atoms with van der Waals surface area (Å²) in [5.74, 6) is -1.13. The highest BCUT2D eigenvalue weighted by Gasteiger charge is 2.33. The van der Waals surface area contributed by atoms with Crippen LogP contribution in [0.3, 0.4) is 0 Å². The minimum Gasteiger partial charge on any atom is -0.494 e. The van der Waals surface area contributed by atoms with Crippen LogP contribution in [-0.4, -0.2) is 57.7 Å². The van der Waals surface area contributed by atoms with E-state index in [0.29, 0.717) is 19.4 Å². The van der Waals surface area contributed by atoms with Gasteiger partial charge in [0.15, 0.2) is 11.6 Å². The van der Waals surface area contributed by atoms with Gasteiger partial charge in [-0.2, -0.15) is 0 Å². The Hall–Kier alpha value is -4.27. The number of nitrogens with one attached hydrogen (secondary N) is 1. The van der Waals surface area contributed by atoms with Crippen molar-refractivity contribution >= 4 is 39.5 Å². The van der Waals surface area contributed by atoms with Crippen LogP contribution in [0.5, 0.6) is 5.75 Å². The average molecular weight is 501 g/mol. The van der Waals surface area contributed by atoms with Crippen molar-refractivity contribution in [3.05, 3.63) is 70.8 Å². The lowest BCUT2D eigenvalue weighted by Gasteiger charge is -2.30. The van der Waals surface area contributed by atoms with Crippen molar-refractivity contribution in [3.8, 4) is 5.75 Å². The molecule has 4 heterocycles. The van der Waals surface area contributed by atoms with Gasteiger partial charge in [0, 0.05) is 42.1 Å². The van der Waals surface area contributed by atoms with Gasteiger partial charge < -0.3 is 14.6 Å². The predicted molar refractivity (Wildman–Crippen MR) is 134 cm³/mol. The third kappa shape index (κ3) is 4.00. The number of carbonyl (C=O) groups is 3. The van der Waals surface area contributed by atoms with Gasteiger partial charge in [-0.15, -0.1) is 0 Å². The molecule has 2 aromatic heterocycles. The van der Waals surface area contributed by atoms with Crippen molar-refractivity contribution < 1.29 is 23.5 Å². The van der Waals surface area contributed by atoms with E-state index in [1.807, 2.05) is 24.3 Å². The van der Waals surface area contributed by atoms with Crippen LogP contribution in [0.4, 0.5) is 4.39 Å². The quantitative estimate of drug-likeness (QED) is 0.424. The van der Waals surface area contributed by atoms with Crippen LogP contribution in [0.25, 0.3) is 21.8 Å². The predicted octanol–water partition coefficient (Wildman–Crippen LogP) is 3.49. The summed E-state index contributed by atoms with van der Waals surface area (Å²) in [7, 11) is 1.43. The maximum atomic E-state index is 14.4. The van der Waals surface area contributed by atoms with E-state index in [2.05, 4.69) is 11.1 Å². The number of aromatic amines is 1. The summed E-state index contributed by atoms with van der Waals surface area (Å²) < 4.78 is 19.5. The molecule has 188 valence electrons. The number of benzene rings is 2. The Kier molecular flexibility index (Phi) is 5.62. The maximum Gasteiger partial charge on any atom is 0.243 e. The van der Waals surface area contributed by atoms with Crippen LogP contribution in [0.15, 0.2) is 42.5 Å². The van der Waals surface area contributed by atoms with Gasteiger partial charge >= 0.3 is 0 Å². The Balaban J connectivity index is 1.39. The van der Waals surface area contributed by atoms with Crippen molar-refractivity contribution in [2.75, 3.05) is 20.2 Å². The summed E-state index contributed by atoms with van der Waals surface area (Å²) in [6.45, 7) is 0.519. The number of nitrogens with zero attached hydrogens (tertiary/aromatic N) is 3. The van der Waals surface area contributed by atoms with Gasteiger partial charge in [0.05, 0.1) is 30.6 Å². The van der Waals surface area contributed by atoms with E-state index in [0.717, 1.165) is 49.2 Å². The zero-order valence-corrected chi connectivity index (χ0v) is 20.3. The van der Waals surface area contributed by atoms with Crippen LogP contribution in [0, 0.1) is 5.82 Å². The number of ether oxygens (including phenoxy) is 1. The zero-order valence-electron chi connectivity index (χ0n) is 20.3. The fraction of sp³-hybridized carbons (Fsp3) is 0.286. The first kappa shape index (κ1) is 23.1. The van der Waals surface area contributed by atoms with E-state index in [1.54, 1.807) is 11.0 Å². The van der Waals surface area contributed by atoms with Crippen LogP contribution in [0.1, 0.15) is 35.4 Å². The molecule has 2 aliphatic heterocycles. The first-order valence-corrected chi connectivity index (χ1v) is 12.3. The third-order valence-corrected chi connectivity index (χ3v) is 7.28. The Labute approximate surface area is 212 Å². The number of hydrogen-bond acceptors (Lipinski definition) is 5. The molecule has 4 aromatic rings. The van der Waals surface area contributed by atoms with Crippen molar-refractivity contribution in [2.24, 2.45) is 0 Å². The van der Waals surface area contributed by atoms with Crippen molar-refractivity contribution in [3.63, 3.8) is 0 Å². The molecule has 0 radical (unpaired) electrons. The number of amides is 3. The molecule has 2 aliphatic rings. The highest BCUT2D eigenvalue weighted by molar-refractivity contribution is 6.10. The second-order valence-electron chi connectivity index (χ2n) is 9.49. The average Bonchev–Trinajstić information content (AvgIpc) is 3.44. The topological polar surface area (TPSA) is 95.6 Å². The molecular weight excluding hydrogens is 475 g/mol. The number of carbonyl (C=O) groups excluding carboxylic acids is 3. The molecule has 2 aromatic carbocycles. The molecule has 9 heteroatoms. The van der Waals surface area contributed by atoms with E-state index < -0.39 is 5.82 Å². The molecule has 3 amide bonds. The van der Waals surface area contributed by atoms with Gasteiger partial charge in [-0.25, -0.2) is 4.39 Å². The number of methoxy groups -OCH3 is 1. The van der Waals surface area contributed by atoms with E-state index in [4.69, 9.17) is 9.72 Å². The van der Waals surface area contributed by atoms with Crippen molar-refractivity contribution in [1.82, 2.24) is 19.8 Å². The van der Waals surface area contributed by atoms with Gasteiger partial charge in [-0.3, -0.25) is 24.3 Å². The largest absolute Gasteiger partial charge is 0.494 e. The highest BCUT2D eigenvalue weighted by Crippen LogP contribution is 2.35. The van der Waals surface area contributed by atoms with Gasteiger partial charge in [0.25, 0.3) is 0 Å². The van der Waals surface area contributed by atoms with Crippen molar-refractivity contribution in [1.29, 1.82) is 0 Å². The Morgan fingerprint density at radius 2 is 1.89 bits per heavy atom. The summed E-state index contributed by atoms with van der Waals surface area (Å²) in [6.07, 6.45) is 1.31. The SMILES string of the molecule is COc1ccc(Cc2nc3c(c4c2[nH]c2ccccc24)CCN(C(=O)CN2C(=O)CCC2=O)C3)cc1F. The molecule has 0 spiro atoms. The molecular formula is C28H25FN4O4. The van der Waals surface area contributed by atoms with Gasteiger partial charge in [-0.05, 0) is 35.7 Å². The highest BCUT2D eigenvalue weighted by atomic mass is 19.1. The molecule has 8 nitrogen and oxygen atoms in total. The molecule has 0 aliphatic carbocycles. The van der Waals surface area contributed by atoms with Crippen molar-refractivity contribution in [2.45, 2.75) is 32.2 Å². The molecule has 0 bridgehead atoms. The normalized spacial score (nSPS) is 15.6. The monoisotopic (exact) mass is 500 g/mol. The molecule has 0 unspecified atom stereocenters. The van der Waals surface area contributed by atoms with E-state index in [1.165, 1.54) is 13.2 Å². The lowest BCUT2D eigenvalue weighted by molar-refractivity contribution is -0.145. The van der Waals surface area contributed by atoms with Gasteiger partial charge in [0.2, 0.25) is 17.7 Å². The second kappa shape index (κ2) is 8.99. The molecule has 6 rings (SSSR count). The fourth-order valence-corrected chi connectivity index (χ4v) is 5.40. The first-order chi connectivity index (χ1) is 17.9. The number of fused-ring (bicyclic) bond motifs is 5. The Bertz CT molecular complexity index is 1580. The number of rotatable bonds is 5. The molecule has 37 heavy (non-hydrogen) atoms. The van der Waals surface area contributed by atoms with Gasteiger partial charge in [-0.1, -0.05) is 24.3 Å². The maximum absolute atomic E-state index is 14.4. The Morgan fingerprint density at radius 3 is 2.65 bits per heavy atom. The molecule has 0 saturated carbocycles. The number of H-pyrrole nitrogens is 1. The summed E-state index contributed by atoms with van der Waals surface area (Å²) in [5.41, 5.74) is 5.26. The van der Waals surface area contributed by atoms with Gasteiger partial charge in [0.1, 0.15) is 6.54 Å². The number of imide groups is 1. The summed E-state index contributed by atoms with van der Waals surface area (Å²) in [5, 5.41) is 2.15. The summed E-state index contributed by atoms with van der Waals surface area (Å²) >= 11 is 0. The number of likely N-dealkylation sites (tertiary alicyclic amines) is 1. The minimum absolute atomic E-state index is 0.157. The minimum atomic E-state index is -0.436. The molecule has 0 atom stereocenters. The number of para-hydroxylation sites is 1. The molecule has 1 saturated heterocycles. The Morgan fingerprint density at radius 1 is 1.11 bits per heavy atom. The molecule has 1 fully saturated rings. The standard InChI is InChI=1S/C28H25FN4O4/c1-37-23-7-6-16(12-19(23)29)13-21-28-27(17-4-2-3-5-20(17)31-28)18-10-11-32(14-22(18)30-21)26(36)15-33-24(34)8-9-25(33)35/h2-7,12,31H,8-11,13-15H2,1H3. The number of halogens is 1. The van der Waals surface area contributed by atoms with Crippen LogP contribution in [0.2, 0.25) is 0 Å². The summed E-state index contributed by atoms with van der Waals surface area (Å²) in [4.78, 5) is 48.3. The lowest BCUT2D eigenvalue weighted by atomic mass is 9.96. The summed E-state index contributed by atoms with van der Waals surface area (Å²) in [6, 6.07) is 12.9. The number of pyridine rings is 1. The van der Waals surface area contributed by atoms with Crippen LogP contribution in [-0.2, 0) is 33.8 Å². The zero-order chi connectivity index (χ0) is 25.7. The molecule has 1 N–H and O–H groups in total. The van der Waals surface area contributed by atoms with E-state index in [9.17, 15) is 18.8 Å². The first-order valence-electron chi connectivity index (χ1n) is 12.3. The second-order valence-corrected chi connectivity index (χ2v) is 9.49. The van der Waals surface area contributed by atoms with E-state index in [-0.39, 0.29) is 49.4 Å². The van der Waals surface area contributed by atoms with E-state index >= 15 is 0 Å². The number of aromatic nitrogens is 2. The third-order valence-electron chi connectivity index (χ3n) is 7.28.